The van der Waals surface area contributed by atoms with E-state index in [9.17, 15) is 4.79 Å². The molecule has 2 aromatic rings. The summed E-state index contributed by atoms with van der Waals surface area (Å²) in [6, 6.07) is 8.42. The minimum atomic E-state index is -2.88. The van der Waals surface area contributed by atoms with Crippen LogP contribution in [-0.4, -0.2) is 46.4 Å². The Morgan fingerprint density at radius 1 is 0.923 bits per heavy atom. The fraction of sp³-hybridized carbons (Fsp3) is 0.600. The number of amidine groups is 1. The molecule has 2 saturated heterocycles. The van der Waals surface area contributed by atoms with E-state index in [2.05, 4.69) is 9.89 Å². The van der Waals surface area contributed by atoms with E-state index in [-0.39, 0.29) is 29.4 Å². The number of thioether (sulfide) groups is 1. The molecule has 4 N–H and O–H groups in total. The van der Waals surface area contributed by atoms with Gasteiger partial charge < -0.3 is 16.4 Å². The van der Waals surface area contributed by atoms with Gasteiger partial charge in [0, 0.05) is 23.6 Å². The molecule has 0 amide bonds. The van der Waals surface area contributed by atoms with Crippen molar-refractivity contribution in [3.63, 3.8) is 0 Å². The highest BCUT2D eigenvalue weighted by Gasteiger charge is 2.42. The van der Waals surface area contributed by atoms with Crippen molar-refractivity contribution in [3.05, 3.63) is 62.9 Å². The zero-order valence-electron chi connectivity index (χ0n) is 22.7. The summed E-state index contributed by atoms with van der Waals surface area (Å²) in [5.41, 5.74) is 15.1. The lowest BCUT2D eigenvalue weighted by Gasteiger charge is -2.36. The third-order valence-electron chi connectivity index (χ3n) is 8.75. The number of fused-ring (bicyclic) bond motifs is 8. The number of nitrogens with zero attached hydrogens (tertiary/aromatic N) is 3. The molecule has 0 radical (unpaired) electrons. The monoisotopic (exact) mass is 557 g/mol. The SMILES string of the molecule is NC1=NCc2cccc(c2)C(F)(F)C2CCN(CCCCCCn3c(N)c1cc(C1CCSCC1)c3=O)CC2. The summed E-state index contributed by atoms with van der Waals surface area (Å²) in [5.74, 6) is -0.698. The van der Waals surface area contributed by atoms with Crippen molar-refractivity contribution in [3.8, 4) is 0 Å². The molecule has 0 spiro atoms. The fourth-order valence-electron chi connectivity index (χ4n) is 6.28. The molecule has 6 rings (SSSR count). The molecule has 2 fully saturated rings. The van der Waals surface area contributed by atoms with Gasteiger partial charge in [0.05, 0.1) is 12.1 Å². The molecule has 1 aromatic heterocycles. The van der Waals surface area contributed by atoms with Gasteiger partial charge in [-0.05, 0) is 93.3 Å². The van der Waals surface area contributed by atoms with Crippen molar-refractivity contribution in [1.82, 2.24) is 9.47 Å². The maximum Gasteiger partial charge on any atom is 0.276 e. The Morgan fingerprint density at radius 2 is 1.64 bits per heavy atom. The van der Waals surface area contributed by atoms with Crippen molar-refractivity contribution in [1.29, 1.82) is 0 Å². The maximum absolute atomic E-state index is 15.6. The average molecular weight is 558 g/mol. The average Bonchev–Trinajstić information content (AvgIpc) is 2.95. The number of anilines is 1. The van der Waals surface area contributed by atoms with E-state index in [0.717, 1.165) is 62.1 Å². The third-order valence-corrected chi connectivity index (χ3v) is 9.79. The topological polar surface area (TPSA) is 89.6 Å². The molecule has 0 aliphatic carbocycles. The molecule has 212 valence electrons. The number of halogens is 2. The van der Waals surface area contributed by atoms with Crippen LogP contribution in [0, 0.1) is 5.92 Å². The smallest absolute Gasteiger partial charge is 0.276 e. The van der Waals surface area contributed by atoms with Gasteiger partial charge in [-0.2, -0.15) is 11.8 Å². The third kappa shape index (κ3) is 6.35. The molecule has 1 aromatic carbocycles. The van der Waals surface area contributed by atoms with Gasteiger partial charge in [0.25, 0.3) is 11.5 Å². The first-order chi connectivity index (χ1) is 18.8. The van der Waals surface area contributed by atoms with Crippen LogP contribution in [0.3, 0.4) is 0 Å². The van der Waals surface area contributed by atoms with E-state index in [4.69, 9.17) is 11.5 Å². The molecule has 0 saturated carbocycles. The number of aliphatic imine (C=N–C) groups is 1. The van der Waals surface area contributed by atoms with E-state index >= 15 is 8.78 Å². The number of rotatable bonds is 1. The van der Waals surface area contributed by atoms with Crippen LogP contribution in [0.25, 0.3) is 0 Å². The first-order valence-electron chi connectivity index (χ1n) is 14.5. The van der Waals surface area contributed by atoms with E-state index in [1.165, 1.54) is 6.07 Å². The van der Waals surface area contributed by atoms with Crippen LogP contribution >= 0.6 is 11.8 Å². The van der Waals surface area contributed by atoms with Crippen LogP contribution in [0.4, 0.5) is 14.6 Å². The highest BCUT2D eigenvalue weighted by molar-refractivity contribution is 7.99. The molecule has 6 nitrogen and oxygen atoms in total. The van der Waals surface area contributed by atoms with Gasteiger partial charge in [0.2, 0.25) is 0 Å². The zero-order chi connectivity index (χ0) is 27.4. The standard InChI is InChI=1S/C30H41F2N5OS/c31-30(32)23-8-14-36(15-9-23)12-3-1-2-4-13-37-28(34)26(19-25(29(37)38)22-10-16-39-17-11-22)27(33)35-20-21-6-5-7-24(30)18-21/h5-7,18-19,22-23H,1-4,8-17,20,34H2,(H2,33,35). The van der Waals surface area contributed by atoms with Gasteiger partial charge in [-0.15, -0.1) is 0 Å². The number of pyridine rings is 1. The lowest BCUT2D eigenvalue weighted by Crippen LogP contribution is -2.40. The quantitative estimate of drug-likeness (QED) is 0.495. The largest absolute Gasteiger partial charge is 0.384 e. The van der Waals surface area contributed by atoms with E-state index in [1.807, 2.05) is 17.8 Å². The maximum atomic E-state index is 15.6. The van der Waals surface area contributed by atoms with Gasteiger partial charge in [-0.25, -0.2) is 8.78 Å². The fourth-order valence-corrected chi connectivity index (χ4v) is 7.39. The van der Waals surface area contributed by atoms with Gasteiger partial charge in [0.1, 0.15) is 11.7 Å². The normalized spacial score (nSPS) is 25.1. The van der Waals surface area contributed by atoms with E-state index < -0.39 is 11.8 Å². The number of benzene rings is 1. The molecule has 39 heavy (non-hydrogen) atoms. The molecule has 5 heterocycles. The minimum absolute atomic E-state index is 0.0131. The van der Waals surface area contributed by atoms with Crippen LogP contribution in [0.15, 0.2) is 40.1 Å². The number of hydrogen-bond donors (Lipinski definition) is 2. The van der Waals surface area contributed by atoms with Crippen molar-refractivity contribution < 1.29 is 8.78 Å². The number of hydrogen-bond acceptors (Lipinski definition) is 6. The first-order valence-corrected chi connectivity index (χ1v) is 15.6. The minimum Gasteiger partial charge on any atom is -0.384 e. The molecule has 9 heteroatoms. The lowest BCUT2D eigenvalue weighted by atomic mass is 9.86. The summed E-state index contributed by atoms with van der Waals surface area (Å²) >= 11 is 1.92. The van der Waals surface area contributed by atoms with Crippen molar-refractivity contribution >= 4 is 23.4 Å². The highest BCUT2D eigenvalue weighted by Crippen LogP contribution is 2.42. The zero-order valence-corrected chi connectivity index (χ0v) is 23.5. The molecular formula is C30H41F2N5OS. The molecule has 0 atom stereocenters. The summed E-state index contributed by atoms with van der Waals surface area (Å²) < 4.78 is 32.8. The Labute approximate surface area is 234 Å². The highest BCUT2D eigenvalue weighted by atomic mass is 32.2. The summed E-state index contributed by atoms with van der Waals surface area (Å²) in [6.45, 7) is 3.08. The Balaban J connectivity index is 1.50. The summed E-state index contributed by atoms with van der Waals surface area (Å²) in [7, 11) is 0. The number of nitrogens with two attached hydrogens (primary N) is 2. The first kappa shape index (κ1) is 28.1. The second-order valence-electron chi connectivity index (χ2n) is 11.3. The van der Waals surface area contributed by atoms with Gasteiger partial charge in [0.15, 0.2) is 0 Å². The predicted octanol–water partition coefficient (Wildman–Crippen LogP) is 5.32. The Bertz CT molecular complexity index is 1230. The predicted molar refractivity (Wildman–Crippen MR) is 157 cm³/mol. The summed E-state index contributed by atoms with van der Waals surface area (Å²) in [5, 5.41) is 0. The Kier molecular flexibility index (Phi) is 8.96. The van der Waals surface area contributed by atoms with Crippen LogP contribution in [0.5, 0.6) is 0 Å². The number of piperidine rings is 1. The van der Waals surface area contributed by atoms with Gasteiger partial charge in [-0.3, -0.25) is 14.4 Å². The second kappa shape index (κ2) is 12.4. The van der Waals surface area contributed by atoms with Crippen LogP contribution < -0.4 is 17.0 Å². The van der Waals surface area contributed by atoms with Gasteiger partial charge in [-0.1, -0.05) is 31.0 Å². The number of aromatic nitrogens is 1. The van der Waals surface area contributed by atoms with Crippen LogP contribution in [0.2, 0.25) is 0 Å². The van der Waals surface area contributed by atoms with E-state index in [1.54, 1.807) is 22.8 Å². The Hall–Kier alpha value is -2.39. The Morgan fingerprint density at radius 3 is 2.38 bits per heavy atom. The number of alkyl halides is 2. The van der Waals surface area contributed by atoms with Crippen LogP contribution in [0.1, 0.15) is 79.5 Å². The lowest BCUT2D eigenvalue weighted by molar-refractivity contribution is -0.0855. The molecule has 0 unspecified atom stereocenters. The summed E-state index contributed by atoms with van der Waals surface area (Å²) in [4.78, 5) is 20.5. The van der Waals surface area contributed by atoms with Crippen molar-refractivity contribution in [2.45, 2.75) is 76.3 Å². The van der Waals surface area contributed by atoms with Crippen LogP contribution in [-0.2, 0) is 19.0 Å². The second-order valence-corrected chi connectivity index (χ2v) is 12.5. The van der Waals surface area contributed by atoms with Crippen molar-refractivity contribution in [2.24, 2.45) is 16.6 Å². The number of nitrogen functional groups attached to an aromatic ring is 1. The van der Waals surface area contributed by atoms with E-state index in [0.29, 0.717) is 49.4 Å². The molecule has 6 bridgehead atoms. The molecular weight excluding hydrogens is 516 g/mol. The van der Waals surface area contributed by atoms with Crippen molar-refractivity contribution in [2.75, 3.05) is 36.9 Å². The van der Waals surface area contributed by atoms with Gasteiger partial charge >= 0.3 is 0 Å². The molecule has 4 aliphatic rings. The summed E-state index contributed by atoms with van der Waals surface area (Å²) in [6.07, 6.45) is 6.82. The molecule has 4 aliphatic heterocycles.